The number of fused-ring (bicyclic) bond motifs is 2. The number of nitrogens with two attached hydrogens (primary N) is 1. The lowest BCUT2D eigenvalue weighted by Gasteiger charge is -2.23. The van der Waals surface area contributed by atoms with Crippen LogP contribution in [0.1, 0.15) is 5.56 Å². The summed E-state index contributed by atoms with van der Waals surface area (Å²) in [6.45, 7) is 0.650. The van der Waals surface area contributed by atoms with Crippen molar-refractivity contribution in [1.29, 1.82) is 0 Å². The molecular weight excluding hydrogens is 378 g/mol. The molecule has 0 saturated carbocycles. The molecule has 30 heavy (non-hydrogen) atoms. The van der Waals surface area contributed by atoms with E-state index >= 15 is 0 Å². The molecule has 0 amide bonds. The number of quaternary nitrogens is 1. The molecule has 0 aliphatic carbocycles. The van der Waals surface area contributed by atoms with Crippen LogP contribution in [0.4, 0.5) is 5.69 Å². The topological polar surface area (TPSA) is 82.5 Å². The molecule has 6 heteroatoms. The Hall–Kier alpha value is -3.74. The zero-order valence-corrected chi connectivity index (χ0v) is 16.6. The van der Waals surface area contributed by atoms with E-state index in [0.29, 0.717) is 6.54 Å². The van der Waals surface area contributed by atoms with E-state index in [1.165, 1.54) is 0 Å². The van der Waals surface area contributed by atoms with E-state index in [-0.39, 0.29) is 11.4 Å². The summed E-state index contributed by atoms with van der Waals surface area (Å²) in [6, 6.07) is 26.2. The van der Waals surface area contributed by atoms with Crippen molar-refractivity contribution in [2.45, 2.75) is 6.54 Å². The quantitative estimate of drug-likeness (QED) is 0.649. The SMILES string of the molecule is COc1ccc(CN2C=c3ccccc3=C3[NH2+]N(c4ccccc4)C(O)=C32)cc1.[OH-]. The van der Waals surface area contributed by atoms with Crippen LogP contribution < -0.4 is 25.6 Å². The van der Waals surface area contributed by atoms with Crippen LogP contribution in [0.3, 0.4) is 0 Å². The number of aliphatic hydroxyl groups is 1. The molecule has 0 bridgehead atoms. The number of ether oxygens (including phenoxy) is 1. The molecule has 0 atom stereocenters. The molecule has 3 aromatic rings. The van der Waals surface area contributed by atoms with Gasteiger partial charge in [0.15, 0.2) is 11.4 Å². The summed E-state index contributed by atoms with van der Waals surface area (Å²) in [4.78, 5) is 2.12. The van der Waals surface area contributed by atoms with E-state index in [1.54, 1.807) is 7.11 Å². The van der Waals surface area contributed by atoms with Gasteiger partial charge in [-0.3, -0.25) is 0 Å². The van der Waals surface area contributed by atoms with Crippen LogP contribution >= 0.6 is 0 Å². The number of methoxy groups -OCH3 is 1. The van der Waals surface area contributed by atoms with Crippen LogP contribution in [-0.4, -0.2) is 22.6 Å². The first kappa shape index (κ1) is 19.6. The molecule has 0 unspecified atom stereocenters. The van der Waals surface area contributed by atoms with Crippen molar-refractivity contribution in [2.24, 2.45) is 0 Å². The smallest absolute Gasteiger partial charge is 0.270 e. The van der Waals surface area contributed by atoms with Gasteiger partial charge in [0.05, 0.1) is 12.8 Å². The Labute approximate surface area is 174 Å². The highest BCUT2D eigenvalue weighted by molar-refractivity contribution is 5.68. The predicted octanol–water partition coefficient (Wildman–Crippen LogP) is 1.61. The second-order valence-corrected chi connectivity index (χ2v) is 7.11. The molecule has 0 saturated heterocycles. The van der Waals surface area contributed by atoms with Gasteiger partial charge in [0, 0.05) is 23.2 Å². The number of benzene rings is 3. The van der Waals surface area contributed by atoms with E-state index in [9.17, 15) is 5.11 Å². The Kier molecular flexibility index (Phi) is 5.18. The zero-order chi connectivity index (χ0) is 19.8. The number of para-hydroxylation sites is 1. The highest BCUT2D eigenvalue weighted by Gasteiger charge is 2.37. The fourth-order valence-corrected chi connectivity index (χ4v) is 3.89. The second-order valence-electron chi connectivity index (χ2n) is 7.11. The summed E-state index contributed by atoms with van der Waals surface area (Å²) in [6.07, 6.45) is 2.11. The van der Waals surface area contributed by atoms with Crippen molar-refractivity contribution in [3.63, 3.8) is 0 Å². The molecule has 3 aromatic carbocycles. The molecular formula is C24H23N3O3. The number of hydrogen-bond acceptors (Lipinski definition) is 5. The van der Waals surface area contributed by atoms with Crippen molar-refractivity contribution in [3.05, 3.63) is 106 Å². The highest BCUT2D eigenvalue weighted by Crippen LogP contribution is 2.28. The zero-order valence-electron chi connectivity index (χ0n) is 16.6. The lowest BCUT2D eigenvalue weighted by atomic mass is 10.1. The Morgan fingerprint density at radius 3 is 2.33 bits per heavy atom. The molecule has 0 aromatic heterocycles. The second kappa shape index (κ2) is 7.94. The van der Waals surface area contributed by atoms with Crippen LogP contribution in [0, 0.1) is 0 Å². The monoisotopic (exact) mass is 401 g/mol. The van der Waals surface area contributed by atoms with E-state index < -0.39 is 0 Å². The molecule has 152 valence electrons. The van der Waals surface area contributed by atoms with Crippen molar-refractivity contribution >= 4 is 17.6 Å². The fourth-order valence-electron chi connectivity index (χ4n) is 3.89. The molecule has 0 spiro atoms. The van der Waals surface area contributed by atoms with Gasteiger partial charge in [-0.05, 0) is 35.9 Å². The Bertz CT molecular complexity index is 1200. The third-order valence-corrected chi connectivity index (χ3v) is 5.33. The van der Waals surface area contributed by atoms with E-state index in [0.717, 1.165) is 38.8 Å². The van der Waals surface area contributed by atoms with E-state index in [2.05, 4.69) is 35.4 Å². The van der Waals surface area contributed by atoms with Gasteiger partial charge in [-0.15, -0.1) is 0 Å². The molecule has 2 aliphatic rings. The largest absolute Gasteiger partial charge is 0.870 e. The summed E-state index contributed by atoms with van der Waals surface area (Å²) < 4.78 is 5.27. The molecule has 5 rings (SSSR count). The molecule has 2 aliphatic heterocycles. The maximum atomic E-state index is 11.2. The van der Waals surface area contributed by atoms with Crippen molar-refractivity contribution < 1.29 is 20.7 Å². The van der Waals surface area contributed by atoms with E-state index in [1.807, 2.05) is 65.0 Å². The number of rotatable bonds is 4. The predicted molar refractivity (Wildman–Crippen MR) is 115 cm³/mol. The third kappa shape index (κ3) is 3.28. The van der Waals surface area contributed by atoms with Gasteiger partial charge in [-0.1, -0.05) is 48.5 Å². The van der Waals surface area contributed by atoms with Crippen molar-refractivity contribution in [2.75, 3.05) is 12.1 Å². The normalized spacial score (nSPS) is 14.6. The minimum absolute atomic E-state index is 0. The van der Waals surface area contributed by atoms with Gasteiger partial charge in [0.2, 0.25) is 0 Å². The first-order chi connectivity index (χ1) is 14.2. The van der Waals surface area contributed by atoms with Gasteiger partial charge in [-0.2, -0.15) is 5.01 Å². The lowest BCUT2D eigenvalue weighted by molar-refractivity contribution is -0.568. The standard InChI is InChI=1S/C24H21N3O2.H2O/c1-29-20-13-11-17(12-14-20)15-26-16-18-7-5-6-10-21(18)22-23(26)24(28)27(25-22)19-8-3-2-4-9-19;/h2-14,16,25,28H,15H2,1H3;1H2. The van der Waals surface area contributed by atoms with Gasteiger partial charge in [0.1, 0.15) is 5.75 Å². The maximum Gasteiger partial charge on any atom is 0.270 e. The summed E-state index contributed by atoms with van der Waals surface area (Å²) in [5.74, 6) is 1.07. The van der Waals surface area contributed by atoms with Crippen LogP contribution in [-0.2, 0) is 6.54 Å². The van der Waals surface area contributed by atoms with Gasteiger partial charge in [0.25, 0.3) is 5.88 Å². The average molecular weight is 401 g/mol. The minimum Gasteiger partial charge on any atom is -0.870 e. The van der Waals surface area contributed by atoms with Crippen LogP contribution in [0.25, 0.3) is 11.9 Å². The maximum absolute atomic E-state index is 11.2. The van der Waals surface area contributed by atoms with Gasteiger partial charge < -0.3 is 20.2 Å². The third-order valence-electron chi connectivity index (χ3n) is 5.33. The molecule has 6 nitrogen and oxygen atoms in total. The van der Waals surface area contributed by atoms with Crippen LogP contribution in [0.2, 0.25) is 0 Å². The van der Waals surface area contributed by atoms with Crippen molar-refractivity contribution in [1.82, 2.24) is 4.90 Å². The Morgan fingerprint density at radius 2 is 1.60 bits per heavy atom. The van der Waals surface area contributed by atoms with Gasteiger partial charge in [-0.25, -0.2) is 5.43 Å². The summed E-state index contributed by atoms with van der Waals surface area (Å²) >= 11 is 0. The van der Waals surface area contributed by atoms with Gasteiger partial charge >= 0.3 is 0 Å². The van der Waals surface area contributed by atoms with Crippen LogP contribution in [0.15, 0.2) is 90.4 Å². The summed E-state index contributed by atoms with van der Waals surface area (Å²) in [5.41, 5.74) is 5.94. The Morgan fingerprint density at radius 1 is 0.900 bits per heavy atom. The summed E-state index contributed by atoms with van der Waals surface area (Å²) in [5, 5.41) is 15.3. The van der Waals surface area contributed by atoms with Crippen LogP contribution in [0.5, 0.6) is 5.75 Å². The highest BCUT2D eigenvalue weighted by atomic mass is 16.5. The molecule has 0 radical (unpaired) electrons. The average Bonchev–Trinajstić information content (AvgIpc) is 3.13. The number of anilines is 1. The minimum atomic E-state index is 0. The fraction of sp³-hybridized carbons (Fsp3) is 0.0833. The van der Waals surface area contributed by atoms with E-state index in [4.69, 9.17) is 4.74 Å². The first-order valence-corrected chi connectivity index (χ1v) is 9.58. The number of aliphatic hydroxyl groups excluding tert-OH is 1. The lowest BCUT2D eigenvalue weighted by Crippen LogP contribution is -2.90. The molecule has 0 fully saturated rings. The molecule has 2 heterocycles. The first-order valence-electron chi connectivity index (χ1n) is 9.58. The number of hydrogen-bond donors (Lipinski definition) is 2. The summed E-state index contributed by atoms with van der Waals surface area (Å²) in [7, 11) is 1.67. The Balaban J connectivity index is 0.00000218. The molecule has 4 N–H and O–H groups in total. The van der Waals surface area contributed by atoms with Crippen molar-refractivity contribution in [3.8, 4) is 5.75 Å². The number of nitrogens with zero attached hydrogens (tertiary/aromatic N) is 2.